The number of aromatic nitrogens is 3. The van der Waals surface area contributed by atoms with E-state index in [4.69, 9.17) is 10.5 Å². The number of carbonyl (C=O) groups excluding carboxylic acids is 1. The minimum atomic E-state index is -0.906. The zero-order valence-electron chi connectivity index (χ0n) is 11.0. The van der Waals surface area contributed by atoms with Crippen molar-refractivity contribution in [3.63, 3.8) is 0 Å². The first kappa shape index (κ1) is 15.0. The van der Waals surface area contributed by atoms with Crippen molar-refractivity contribution < 1.29 is 9.53 Å². The highest BCUT2D eigenvalue weighted by Gasteiger charge is 2.29. The van der Waals surface area contributed by atoms with Crippen molar-refractivity contribution in [1.82, 2.24) is 14.8 Å². The number of nitrogens with two attached hydrogens (primary N) is 1. The van der Waals surface area contributed by atoms with E-state index in [0.29, 0.717) is 13.0 Å². The third kappa shape index (κ3) is 4.30. The third-order valence-electron chi connectivity index (χ3n) is 2.48. The van der Waals surface area contributed by atoms with Crippen LogP contribution >= 0.6 is 11.8 Å². The van der Waals surface area contributed by atoms with E-state index in [1.165, 1.54) is 0 Å². The summed E-state index contributed by atoms with van der Waals surface area (Å²) < 4.78 is 6.79. The Bertz CT molecular complexity index is 392. The number of hydrogen-bond acceptors (Lipinski definition) is 6. The number of thioether (sulfide) groups is 1. The fourth-order valence-corrected chi connectivity index (χ4v) is 2.23. The monoisotopic (exact) mass is 272 g/mol. The largest absolute Gasteiger partial charge is 0.465 e. The van der Waals surface area contributed by atoms with E-state index >= 15 is 0 Å². The summed E-state index contributed by atoms with van der Waals surface area (Å²) in [5.41, 5.74) is 5.01. The average molecular weight is 272 g/mol. The van der Waals surface area contributed by atoms with Gasteiger partial charge in [0.1, 0.15) is 11.9 Å². The fourth-order valence-electron chi connectivity index (χ4n) is 1.40. The maximum absolute atomic E-state index is 11.6. The number of hydrogen-bond donors (Lipinski definition) is 1. The lowest BCUT2D eigenvalue weighted by Gasteiger charge is -2.21. The molecule has 0 saturated carbocycles. The minimum Gasteiger partial charge on any atom is -0.465 e. The van der Waals surface area contributed by atoms with Crippen LogP contribution in [0.1, 0.15) is 26.7 Å². The van der Waals surface area contributed by atoms with Gasteiger partial charge in [-0.3, -0.25) is 4.79 Å². The zero-order valence-corrected chi connectivity index (χ0v) is 11.9. The summed E-state index contributed by atoms with van der Waals surface area (Å²) in [6, 6.07) is 0. The molecule has 0 aliphatic carbocycles. The maximum Gasteiger partial charge on any atom is 0.325 e. The molecule has 18 heavy (non-hydrogen) atoms. The number of nitrogens with zero attached hydrogens (tertiary/aromatic N) is 3. The first-order valence-corrected chi connectivity index (χ1v) is 6.89. The third-order valence-corrected chi connectivity index (χ3v) is 3.60. The van der Waals surface area contributed by atoms with Crippen LogP contribution in [0.5, 0.6) is 0 Å². The molecule has 0 radical (unpaired) electrons. The van der Waals surface area contributed by atoms with Crippen LogP contribution in [0.4, 0.5) is 0 Å². The smallest absolute Gasteiger partial charge is 0.325 e. The highest BCUT2D eigenvalue weighted by molar-refractivity contribution is 7.99. The standard InChI is InChI=1S/C11H20N4O2S/c1-4-17-9(16)11(2,12)6-5-7-18-10-14-13-8-15(10)3/h8H,4-7,12H2,1-3H3. The molecule has 0 spiro atoms. The molecule has 7 heteroatoms. The van der Waals surface area contributed by atoms with E-state index < -0.39 is 5.54 Å². The van der Waals surface area contributed by atoms with Gasteiger partial charge in [0.15, 0.2) is 5.16 Å². The normalized spacial score (nSPS) is 14.2. The van der Waals surface area contributed by atoms with E-state index in [-0.39, 0.29) is 5.97 Å². The Morgan fingerprint density at radius 3 is 2.94 bits per heavy atom. The summed E-state index contributed by atoms with van der Waals surface area (Å²) in [5.74, 6) is 0.507. The molecule has 0 fully saturated rings. The van der Waals surface area contributed by atoms with Crippen molar-refractivity contribution >= 4 is 17.7 Å². The summed E-state index contributed by atoms with van der Waals surface area (Å²) in [6.45, 7) is 3.84. The van der Waals surface area contributed by atoms with E-state index in [9.17, 15) is 4.79 Å². The van der Waals surface area contributed by atoms with E-state index in [1.807, 2.05) is 11.6 Å². The molecule has 1 atom stereocenters. The molecule has 0 aromatic carbocycles. The van der Waals surface area contributed by atoms with Gasteiger partial charge in [0.2, 0.25) is 0 Å². The quantitative estimate of drug-likeness (QED) is 0.452. The van der Waals surface area contributed by atoms with Gasteiger partial charge in [-0.1, -0.05) is 11.8 Å². The van der Waals surface area contributed by atoms with Gasteiger partial charge in [-0.15, -0.1) is 10.2 Å². The van der Waals surface area contributed by atoms with Crippen molar-refractivity contribution in [1.29, 1.82) is 0 Å². The Labute approximate surface area is 111 Å². The molecule has 1 heterocycles. The number of ether oxygens (including phenoxy) is 1. The Morgan fingerprint density at radius 2 is 2.39 bits per heavy atom. The van der Waals surface area contributed by atoms with Gasteiger partial charge in [-0.2, -0.15) is 0 Å². The van der Waals surface area contributed by atoms with Crippen molar-refractivity contribution in [3.05, 3.63) is 6.33 Å². The predicted octanol–water partition coefficient (Wildman–Crippen LogP) is 0.968. The number of aryl methyl sites for hydroxylation is 1. The van der Waals surface area contributed by atoms with Gasteiger partial charge < -0.3 is 15.0 Å². The highest BCUT2D eigenvalue weighted by Crippen LogP contribution is 2.18. The fraction of sp³-hybridized carbons (Fsp3) is 0.727. The zero-order chi connectivity index (χ0) is 13.6. The average Bonchev–Trinajstić information content (AvgIpc) is 2.71. The second-order valence-corrected chi connectivity index (χ2v) is 5.38. The van der Waals surface area contributed by atoms with Crippen LogP contribution in [-0.4, -0.2) is 38.6 Å². The topological polar surface area (TPSA) is 83.0 Å². The molecular weight excluding hydrogens is 252 g/mol. The molecule has 0 aliphatic rings. The molecule has 0 aliphatic heterocycles. The molecule has 102 valence electrons. The summed E-state index contributed by atoms with van der Waals surface area (Å²) in [5, 5.41) is 8.63. The lowest BCUT2D eigenvalue weighted by atomic mass is 9.98. The second-order valence-electron chi connectivity index (χ2n) is 4.31. The molecule has 2 N–H and O–H groups in total. The van der Waals surface area contributed by atoms with Crippen LogP contribution < -0.4 is 5.73 Å². The molecule has 1 aromatic heterocycles. The van der Waals surface area contributed by atoms with Crippen LogP contribution in [-0.2, 0) is 16.6 Å². The van der Waals surface area contributed by atoms with E-state index in [1.54, 1.807) is 31.9 Å². The number of rotatable bonds is 7. The van der Waals surface area contributed by atoms with Crippen LogP contribution in [0.25, 0.3) is 0 Å². The summed E-state index contributed by atoms with van der Waals surface area (Å²) >= 11 is 1.60. The highest BCUT2D eigenvalue weighted by atomic mass is 32.2. The van der Waals surface area contributed by atoms with Crippen LogP contribution in [0.2, 0.25) is 0 Å². The second kappa shape index (κ2) is 6.75. The van der Waals surface area contributed by atoms with E-state index in [2.05, 4.69) is 10.2 Å². The Kier molecular flexibility index (Phi) is 5.61. The molecule has 0 saturated heterocycles. The lowest BCUT2D eigenvalue weighted by Crippen LogP contribution is -2.46. The van der Waals surface area contributed by atoms with Crippen molar-refractivity contribution in [2.45, 2.75) is 37.4 Å². The summed E-state index contributed by atoms with van der Waals surface area (Å²) in [4.78, 5) is 11.6. The Balaban J connectivity index is 2.29. The minimum absolute atomic E-state index is 0.339. The molecule has 1 unspecified atom stereocenters. The number of carbonyl (C=O) groups is 1. The van der Waals surface area contributed by atoms with Gasteiger partial charge >= 0.3 is 5.97 Å². The first-order valence-electron chi connectivity index (χ1n) is 5.90. The first-order chi connectivity index (χ1) is 8.47. The number of esters is 1. The SMILES string of the molecule is CCOC(=O)C(C)(N)CCCSc1nncn1C. The van der Waals surface area contributed by atoms with Gasteiger partial charge in [-0.25, -0.2) is 0 Å². The van der Waals surface area contributed by atoms with Crippen LogP contribution in [0.3, 0.4) is 0 Å². The van der Waals surface area contributed by atoms with Gasteiger partial charge in [-0.05, 0) is 26.7 Å². The van der Waals surface area contributed by atoms with E-state index in [0.717, 1.165) is 17.3 Å². The van der Waals surface area contributed by atoms with Gasteiger partial charge in [0.25, 0.3) is 0 Å². The molecular formula is C11H20N4O2S. The Hall–Kier alpha value is -1.08. The molecule has 1 aromatic rings. The summed E-state index contributed by atoms with van der Waals surface area (Å²) in [6.07, 6.45) is 3.08. The molecule has 0 amide bonds. The maximum atomic E-state index is 11.6. The molecule has 0 bridgehead atoms. The molecule has 1 rings (SSSR count). The summed E-state index contributed by atoms with van der Waals surface area (Å²) in [7, 11) is 1.90. The Morgan fingerprint density at radius 1 is 1.67 bits per heavy atom. The van der Waals surface area contributed by atoms with Gasteiger partial charge in [0.05, 0.1) is 6.61 Å². The molecule has 6 nitrogen and oxygen atoms in total. The van der Waals surface area contributed by atoms with Crippen LogP contribution in [0.15, 0.2) is 11.5 Å². The van der Waals surface area contributed by atoms with Crippen LogP contribution in [0, 0.1) is 0 Å². The van der Waals surface area contributed by atoms with Crippen molar-refractivity contribution in [2.24, 2.45) is 12.8 Å². The lowest BCUT2D eigenvalue weighted by molar-refractivity contribution is -0.149. The van der Waals surface area contributed by atoms with Crippen molar-refractivity contribution in [3.8, 4) is 0 Å². The van der Waals surface area contributed by atoms with Crippen molar-refractivity contribution in [2.75, 3.05) is 12.4 Å². The van der Waals surface area contributed by atoms with Gasteiger partial charge in [0, 0.05) is 12.8 Å². The predicted molar refractivity (Wildman–Crippen MR) is 70.2 cm³/mol.